The van der Waals surface area contributed by atoms with Crippen LogP contribution in [0.25, 0.3) is 0 Å². The minimum atomic E-state index is -4.14. The summed E-state index contributed by atoms with van der Waals surface area (Å²) in [6, 6.07) is 0. The Hall–Kier alpha value is 0.870. The Morgan fingerprint density at radius 3 is 1.90 bits per heavy atom. The molecule has 0 aromatic carbocycles. The molecule has 0 aromatic heterocycles. The monoisotopic (exact) mass is 316 g/mol. The number of rotatable bonds is 12. The molecule has 2 atom stereocenters. The van der Waals surface area contributed by atoms with Crippen LogP contribution in [0.5, 0.6) is 0 Å². The Kier molecular flexibility index (Phi) is 15.7. The van der Waals surface area contributed by atoms with Crippen molar-refractivity contribution >= 4 is 10.1 Å². The molecule has 0 heterocycles. The first-order valence-corrected chi connectivity index (χ1v) is 9.01. The molecule has 2 unspecified atom stereocenters. The van der Waals surface area contributed by atoms with Crippen LogP contribution < -0.4 is 29.6 Å². The van der Waals surface area contributed by atoms with Crippen LogP contribution in [0.15, 0.2) is 0 Å². The van der Waals surface area contributed by atoms with E-state index >= 15 is 0 Å². The maximum absolute atomic E-state index is 11.1. The largest absolute Gasteiger partial charge is 1.00 e. The minimum Gasteiger partial charge on any atom is -0.748 e. The molecule has 0 aromatic rings. The first kappa shape index (κ1) is 23.1. The summed E-state index contributed by atoms with van der Waals surface area (Å²) in [4.78, 5) is 0. The molecule has 116 valence electrons. The summed E-state index contributed by atoms with van der Waals surface area (Å²) in [6.45, 7) is 3.95. The quantitative estimate of drug-likeness (QED) is 0.317. The van der Waals surface area contributed by atoms with Crippen LogP contribution in [0.4, 0.5) is 0 Å². The van der Waals surface area contributed by atoms with Crippen molar-refractivity contribution in [2.45, 2.75) is 89.4 Å². The van der Waals surface area contributed by atoms with E-state index in [1.165, 1.54) is 0 Å². The van der Waals surface area contributed by atoms with Gasteiger partial charge >= 0.3 is 29.6 Å². The fourth-order valence-electron chi connectivity index (χ4n) is 2.17. The van der Waals surface area contributed by atoms with Gasteiger partial charge in [0.15, 0.2) is 0 Å². The van der Waals surface area contributed by atoms with Gasteiger partial charge in [-0.05, 0) is 25.7 Å². The van der Waals surface area contributed by atoms with Gasteiger partial charge in [-0.25, -0.2) is 8.42 Å². The van der Waals surface area contributed by atoms with Gasteiger partial charge in [0.25, 0.3) is 0 Å². The van der Waals surface area contributed by atoms with Crippen LogP contribution >= 0.6 is 0 Å². The number of hydrogen-bond acceptors (Lipinski definition) is 4. The molecule has 0 amide bonds. The molecule has 4 nitrogen and oxygen atoms in total. The fraction of sp³-hybridized carbons (Fsp3) is 1.00. The second-order valence-electron chi connectivity index (χ2n) is 5.31. The molecule has 1 N–H and O–H groups in total. The summed E-state index contributed by atoms with van der Waals surface area (Å²) in [5.41, 5.74) is 0. The van der Waals surface area contributed by atoms with Crippen LogP contribution in [0.1, 0.15) is 78.1 Å². The first-order valence-electron chi connectivity index (χ1n) is 7.54. The van der Waals surface area contributed by atoms with Crippen LogP contribution in [0, 0.1) is 0 Å². The van der Waals surface area contributed by atoms with Crippen molar-refractivity contribution in [1.29, 1.82) is 0 Å². The van der Waals surface area contributed by atoms with E-state index < -0.39 is 15.4 Å². The summed E-state index contributed by atoms with van der Waals surface area (Å²) in [5.74, 6) is 0. The molecule has 0 rings (SSSR count). The van der Waals surface area contributed by atoms with Gasteiger partial charge in [-0.2, -0.15) is 0 Å². The van der Waals surface area contributed by atoms with Gasteiger partial charge in [-0.3, -0.25) is 0 Å². The van der Waals surface area contributed by atoms with Crippen molar-refractivity contribution in [3.8, 4) is 0 Å². The van der Waals surface area contributed by atoms with E-state index in [-0.39, 0.29) is 35.7 Å². The SMILES string of the molecule is CCCCC(CCCCCCC(O)CC)S(=O)(=O)[O-].[Na+]. The standard InChI is InChI=1S/C14H30O4S.Na/c1-3-5-11-14(19(16,17)18)12-9-7-6-8-10-13(15)4-2;/h13-15H,3-12H2,1-2H3,(H,16,17,18);/q;+1/p-1. The zero-order valence-electron chi connectivity index (χ0n) is 13.3. The summed E-state index contributed by atoms with van der Waals surface area (Å²) >= 11 is 0. The minimum absolute atomic E-state index is 0. The van der Waals surface area contributed by atoms with Crippen molar-refractivity contribution in [3.05, 3.63) is 0 Å². The third-order valence-corrected chi connectivity index (χ3v) is 4.86. The average Bonchev–Trinajstić information content (AvgIpc) is 2.35. The van der Waals surface area contributed by atoms with E-state index in [4.69, 9.17) is 0 Å². The number of hydrogen-bond donors (Lipinski definition) is 1. The van der Waals surface area contributed by atoms with Crippen LogP contribution in [0.3, 0.4) is 0 Å². The Morgan fingerprint density at radius 1 is 0.950 bits per heavy atom. The normalized spacial score (nSPS) is 14.6. The van der Waals surface area contributed by atoms with E-state index in [1.807, 2.05) is 13.8 Å². The second-order valence-corrected chi connectivity index (χ2v) is 6.96. The van der Waals surface area contributed by atoms with Crippen LogP contribution in [-0.4, -0.2) is 29.4 Å². The Bertz CT molecular complexity index is 306. The summed E-state index contributed by atoms with van der Waals surface area (Å²) < 4.78 is 33.3. The molecule has 20 heavy (non-hydrogen) atoms. The topological polar surface area (TPSA) is 77.4 Å². The molecule has 0 saturated carbocycles. The number of aliphatic hydroxyl groups is 1. The Balaban J connectivity index is 0. The molecule has 0 aliphatic rings. The maximum Gasteiger partial charge on any atom is 1.00 e. The van der Waals surface area contributed by atoms with Crippen LogP contribution in [0.2, 0.25) is 0 Å². The molecule has 0 radical (unpaired) electrons. The molecule has 0 aliphatic heterocycles. The third-order valence-electron chi connectivity index (χ3n) is 3.57. The van der Waals surface area contributed by atoms with Gasteiger partial charge in [0.2, 0.25) is 0 Å². The molecule has 6 heteroatoms. The predicted octanol–water partition coefficient (Wildman–Crippen LogP) is 0.206. The average molecular weight is 316 g/mol. The van der Waals surface area contributed by atoms with Crippen LogP contribution in [-0.2, 0) is 10.1 Å². The molecule has 0 saturated heterocycles. The third kappa shape index (κ3) is 12.6. The zero-order chi connectivity index (χ0) is 14.7. The summed E-state index contributed by atoms with van der Waals surface area (Å²) in [5, 5.41) is 8.69. The molecular formula is C14H29NaO4S. The Morgan fingerprint density at radius 2 is 1.45 bits per heavy atom. The Labute approximate surface area is 146 Å². The zero-order valence-corrected chi connectivity index (χ0v) is 16.1. The molecule has 0 spiro atoms. The number of aliphatic hydroxyl groups excluding tert-OH is 1. The number of unbranched alkanes of at least 4 members (excludes halogenated alkanes) is 4. The molecule has 0 aliphatic carbocycles. The van der Waals surface area contributed by atoms with Crippen molar-refractivity contribution in [2.24, 2.45) is 0 Å². The molecule has 0 bridgehead atoms. The molecule has 0 fully saturated rings. The van der Waals surface area contributed by atoms with E-state index in [0.717, 1.165) is 51.4 Å². The van der Waals surface area contributed by atoms with Gasteiger partial charge in [0.1, 0.15) is 0 Å². The molecular weight excluding hydrogens is 287 g/mol. The van der Waals surface area contributed by atoms with Gasteiger partial charge < -0.3 is 9.66 Å². The van der Waals surface area contributed by atoms with Gasteiger partial charge in [0, 0.05) is 5.25 Å². The van der Waals surface area contributed by atoms with Gasteiger partial charge in [-0.15, -0.1) is 0 Å². The fourth-order valence-corrected chi connectivity index (χ4v) is 3.09. The van der Waals surface area contributed by atoms with Crippen molar-refractivity contribution in [2.75, 3.05) is 0 Å². The first-order chi connectivity index (χ1) is 8.91. The predicted molar refractivity (Wildman–Crippen MR) is 77.0 cm³/mol. The maximum atomic E-state index is 11.1. The van der Waals surface area contributed by atoms with E-state index in [2.05, 4.69) is 0 Å². The summed E-state index contributed by atoms with van der Waals surface area (Å²) in [6.07, 6.45) is 7.79. The van der Waals surface area contributed by atoms with E-state index in [9.17, 15) is 18.1 Å². The van der Waals surface area contributed by atoms with Crippen molar-refractivity contribution < 1.29 is 47.6 Å². The van der Waals surface area contributed by atoms with Crippen molar-refractivity contribution in [3.63, 3.8) is 0 Å². The van der Waals surface area contributed by atoms with E-state index in [0.29, 0.717) is 12.8 Å². The van der Waals surface area contributed by atoms with Gasteiger partial charge in [-0.1, -0.05) is 52.4 Å². The summed E-state index contributed by atoms with van der Waals surface area (Å²) in [7, 11) is -4.14. The van der Waals surface area contributed by atoms with Crippen molar-refractivity contribution in [1.82, 2.24) is 0 Å². The second kappa shape index (κ2) is 13.5. The van der Waals surface area contributed by atoms with Gasteiger partial charge in [0.05, 0.1) is 16.2 Å². The van der Waals surface area contributed by atoms with E-state index in [1.54, 1.807) is 0 Å². The smallest absolute Gasteiger partial charge is 0.748 e.